The molecular formula is C21H27N5O3S. The van der Waals surface area contributed by atoms with E-state index < -0.39 is 10.0 Å². The van der Waals surface area contributed by atoms with Crippen LogP contribution in [0.5, 0.6) is 0 Å². The Balaban J connectivity index is 1.90. The number of aromatic nitrogens is 3. The predicted octanol–water partition coefficient (Wildman–Crippen LogP) is 3.60. The maximum atomic E-state index is 12.9. The van der Waals surface area contributed by atoms with E-state index in [-0.39, 0.29) is 16.8 Å². The van der Waals surface area contributed by atoms with Crippen LogP contribution in [0.25, 0.3) is 11.0 Å². The van der Waals surface area contributed by atoms with Crippen LogP contribution in [-0.2, 0) is 10.0 Å². The second-order valence-corrected chi connectivity index (χ2v) is 9.25. The van der Waals surface area contributed by atoms with E-state index in [1.807, 2.05) is 13.8 Å². The highest BCUT2D eigenvalue weighted by atomic mass is 32.2. The van der Waals surface area contributed by atoms with Gasteiger partial charge in [-0.3, -0.25) is 4.79 Å². The van der Waals surface area contributed by atoms with E-state index in [1.165, 1.54) is 16.6 Å². The standard InChI is InChI=1S/C21H27N5O3S/c1-6-25(7-2)30(28,29)19-11-18(9-8-15(19)5)24-21(27)17-10-16-13-23-26(14(3)4)20(16)22-12-17/h8-14H,6-7H2,1-5H3,(H,24,27). The van der Waals surface area contributed by atoms with Crippen LogP contribution in [0.3, 0.4) is 0 Å². The fraction of sp³-hybridized carbons (Fsp3) is 0.381. The lowest BCUT2D eigenvalue weighted by molar-refractivity contribution is 0.102. The first-order chi connectivity index (χ1) is 14.2. The fourth-order valence-electron chi connectivity index (χ4n) is 3.30. The Kier molecular flexibility index (Phi) is 6.23. The highest BCUT2D eigenvalue weighted by molar-refractivity contribution is 7.89. The van der Waals surface area contributed by atoms with Crippen molar-refractivity contribution in [1.82, 2.24) is 19.1 Å². The van der Waals surface area contributed by atoms with Crippen LogP contribution in [0.15, 0.2) is 41.6 Å². The minimum absolute atomic E-state index is 0.161. The monoisotopic (exact) mass is 429 g/mol. The number of rotatable bonds is 7. The molecule has 0 radical (unpaired) electrons. The number of sulfonamides is 1. The summed E-state index contributed by atoms with van der Waals surface area (Å²) in [7, 11) is -3.63. The van der Waals surface area contributed by atoms with Crippen molar-refractivity contribution in [2.24, 2.45) is 0 Å². The Bertz CT molecular complexity index is 1180. The van der Waals surface area contributed by atoms with E-state index in [4.69, 9.17) is 0 Å². The number of pyridine rings is 1. The van der Waals surface area contributed by atoms with Crippen molar-refractivity contribution < 1.29 is 13.2 Å². The first-order valence-corrected chi connectivity index (χ1v) is 11.4. The smallest absolute Gasteiger partial charge is 0.257 e. The van der Waals surface area contributed by atoms with Crippen LogP contribution in [-0.4, -0.2) is 46.5 Å². The van der Waals surface area contributed by atoms with Gasteiger partial charge in [-0.2, -0.15) is 9.40 Å². The van der Waals surface area contributed by atoms with Gasteiger partial charge in [-0.1, -0.05) is 19.9 Å². The van der Waals surface area contributed by atoms with Crippen molar-refractivity contribution in [3.05, 3.63) is 47.8 Å². The molecular weight excluding hydrogens is 402 g/mol. The molecule has 2 heterocycles. The molecule has 8 nitrogen and oxygen atoms in total. The molecule has 160 valence electrons. The Hall–Kier alpha value is -2.78. The molecule has 0 spiro atoms. The molecule has 0 aliphatic heterocycles. The molecule has 9 heteroatoms. The summed E-state index contributed by atoms with van der Waals surface area (Å²) in [5.74, 6) is -0.364. The van der Waals surface area contributed by atoms with E-state index in [0.717, 1.165) is 5.39 Å². The van der Waals surface area contributed by atoms with Crippen molar-refractivity contribution in [1.29, 1.82) is 0 Å². The maximum Gasteiger partial charge on any atom is 0.257 e. The van der Waals surface area contributed by atoms with E-state index in [2.05, 4.69) is 15.4 Å². The van der Waals surface area contributed by atoms with Gasteiger partial charge in [0.1, 0.15) is 0 Å². The molecule has 2 aromatic heterocycles. The second kappa shape index (κ2) is 8.53. The van der Waals surface area contributed by atoms with Crippen molar-refractivity contribution in [3.63, 3.8) is 0 Å². The summed E-state index contributed by atoms with van der Waals surface area (Å²) < 4.78 is 29.0. The molecule has 1 N–H and O–H groups in total. The first-order valence-electron chi connectivity index (χ1n) is 9.94. The van der Waals surface area contributed by atoms with Gasteiger partial charge in [0.25, 0.3) is 5.91 Å². The third-order valence-electron chi connectivity index (χ3n) is 4.95. The third kappa shape index (κ3) is 4.08. The third-order valence-corrected chi connectivity index (χ3v) is 7.15. The van der Waals surface area contributed by atoms with Crippen LogP contribution >= 0.6 is 0 Å². The predicted molar refractivity (Wildman–Crippen MR) is 117 cm³/mol. The van der Waals surface area contributed by atoms with E-state index in [1.54, 1.807) is 49.8 Å². The van der Waals surface area contributed by atoms with Gasteiger partial charge in [-0.05, 0) is 44.5 Å². The molecule has 3 rings (SSSR count). The van der Waals surface area contributed by atoms with Gasteiger partial charge < -0.3 is 5.32 Å². The molecule has 0 fully saturated rings. The summed E-state index contributed by atoms with van der Waals surface area (Å²) in [6.45, 7) is 10.1. The average molecular weight is 430 g/mol. The molecule has 30 heavy (non-hydrogen) atoms. The number of benzene rings is 1. The number of nitrogens with one attached hydrogen (secondary N) is 1. The average Bonchev–Trinajstić information content (AvgIpc) is 3.13. The Labute approximate surface area is 177 Å². The lowest BCUT2D eigenvalue weighted by Gasteiger charge is -2.20. The number of hydrogen-bond donors (Lipinski definition) is 1. The zero-order valence-electron chi connectivity index (χ0n) is 17.9. The number of anilines is 1. The molecule has 0 aliphatic rings. The summed E-state index contributed by atoms with van der Waals surface area (Å²) in [4.78, 5) is 17.3. The van der Waals surface area contributed by atoms with Gasteiger partial charge in [0.15, 0.2) is 5.65 Å². The summed E-state index contributed by atoms with van der Waals surface area (Å²) in [5.41, 5.74) is 2.13. The Morgan fingerprint density at radius 3 is 2.50 bits per heavy atom. The van der Waals surface area contributed by atoms with Gasteiger partial charge in [-0.15, -0.1) is 0 Å². The number of aryl methyl sites for hydroxylation is 1. The van der Waals surface area contributed by atoms with E-state index >= 15 is 0 Å². The zero-order chi connectivity index (χ0) is 22.1. The SMILES string of the molecule is CCN(CC)S(=O)(=O)c1cc(NC(=O)c2cnc3c(cnn3C(C)C)c2)ccc1C. The summed E-state index contributed by atoms with van der Waals surface area (Å²) >= 11 is 0. The maximum absolute atomic E-state index is 12.9. The fourth-order valence-corrected chi connectivity index (χ4v) is 5.01. The number of fused-ring (bicyclic) bond motifs is 1. The summed E-state index contributed by atoms with van der Waals surface area (Å²) in [6, 6.07) is 6.78. The van der Waals surface area contributed by atoms with Crippen molar-refractivity contribution in [2.75, 3.05) is 18.4 Å². The van der Waals surface area contributed by atoms with Crippen LogP contribution in [0.2, 0.25) is 0 Å². The lowest BCUT2D eigenvalue weighted by Crippen LogP contribution is -2.31. The highest BCUT2D eigenvalue weighted by Gasteiger charge is 2.24. The lowest BCUT2D eigenvalue weighted by atomic mass is 10.2. The summed E-state index contributed by atoms with van der Waals surface area (Å²) in [6.07, 6.45) is 3.18. The number of carbonyl (C=O) groups excluding carboxylic acids is 1. The van der Waals surface area contributed by atoms with Crippen molar-refractivity contribution in [2.45, 2.75) is 45.6 Å². The first kappa shape index (κ1) is 21.9. The van der Waals surface area contributed by atoms with Crippen LogP contribution in [0.4, 0.5) is 5.69 Å². The molecule has 0 unspecified atom stereocenters. The van der Waals surface area contributed by atoms with E-state index in [9.17, 15) is 13.2 Å². The molecule has 0 saturated carbocycles. The molecule has 0 atom stereocenters. The number of nitrogens with zero attached hydrogens (tertiary/aromatic N) is 4. The van der Waals surface area contributed by atoms with Crippen molar-refractivity contribution in [3.8, 4) is 0 Å². The van der Waals surface area contributed by atoms with Gasteiger partial charge in [-0.25, -0.2) is 18.1 Å². The van der Waals surface area contributed by atoms with Crippen molar-refractivity contribution >= 4 is 32.7 Å². The van der Waals surface area contributed by atoms with E-state index in [0.29, 0.717) is 35.6 Å². The molecule has 0 saturated heterocycles. The molecule has 0 bridgehead atoms. The van der Waals surface area contributed by atoms with Crippen LogP contribution < -0.4 is 5.32 Å². The van der Waals surface area contributed by atoms with Crippen LogP contribution in [0, 0.1) is 6.92 Å². The largest absolute Gasteiger partial charge is 0.322 e. The molecule has 3 aromatic rings. The van der Waals surface area contributed by atoms with Gasteiger partial charge >= 0.3 is 0 Å². The molecule has 1 amide bonds. The van der Waals surface area contributed by atoms with Gasteiger partial charge in [0, 0.05) is 36.4 Å². The van der Waals surface area contributed by atoms with Crippen LogP contribution in [0.1, 0.15) is 49.7 Å². The number of amides is 1. The Morgan fingerprint density at radius 1 is 1.17 bits per heavy atom. The summed E-state index contributed by atoms with van der Waals surface area (Å²) in [5, 5.41) is 7.86. The quantitative estimate of drug-likeness (QED) is 0.619. The number of hydrogen-bond acceptors (Lipinski definition) is 5. The normalized spacial score (nSPS) is 12.1. The zero-order valence-corrected chi connectivity index (χ0v) is 18.7. The molecule has 1 aromatic carbocycles. The highest BCUT2D eigenvalue weighted by Crippen LogP contribution is 2.24. The van der Waals surface area contributed by atoms with Gasteiger partial charge in [0.2, 0.25) is 10.0 Å². The minimum atomic E-state index is -3.63. The topological polar surface area (TPSA) is 97.2 Å². The van der Waals surface area contributed by atoms with Gasteiger partial charge in [0.05, 0.1) is 16.7 Å². The molecule has 0 aliphatic carbocycles. The Morgan fingerprint density at radius 2 is 1.87 bits per heavy atom. The minimum Gasteiger partial charge on any atom is -0.322 e. The second-order valence-electron chi connectivity index (χ2n) is 7.34. The number of carbonyl (C=O) groups is 1.